The van der Waals surface area contributed by atoms with Crippen LogP contribution in [0.2, 0.25) is 5.02 Å². The number of benzene rings is 2. The molecule has 0 spiro atoms. The summed E-state index contributed by atoms with van der Waals surface area (Å²) in [6.45, 7) is 0. The van der Waals surface area contributed by atoms with Gasteiger partial charge in [0.15, 0.2) is 0 Å². The third kappa shape index (κ3) is 2.36. The molecule has 0 amide bonds. The maximum Gasteiger partial charge on any atom is 0.134 e. The van der Waals surface area contributed by atoms with Gasteiger partial charge in [0.1, 0.15) is 17.4 Å². The van der Waals surface area contributed by atoms with Crippen LogP contribution in [0.1, 0.15) is 17.4 Å². The van der Waals surface area contributed by atoms with Crippen LogP contribution in [-0.4, -0.2) is 0 Å². The minimum Gasteiger partial charge on any atom is -0.459 e. The summed E-state index contributed by atoms with van der Waals surface area (Å²) in [5.74, 6) is 6.42. The van der Waals surface area contributed by atoms with Crippen molar-refractivity contribution in [1.29, 1.82) is 0 Å². The van der Waals surface area contributed by atoms with Gasteiger partial charge >= 0.3 is 0 Å². The summed E-state index contributed by atoms with van der Waals surface area (Å²) in [4.78, 5) is 0. The molecule has 0 saturated carbocycles. The van der Waals surface area contributed by atoms with Crippen molar-refractivity contribution >= 4 is 22.6 Å². The normalized spacial score (nSPS) is 12.7. The Morgan fingerprint density at radius 1 is 1.05 bits per heavy atom. The highest BCUT2D eigenvalue weighted by Gasteiger charge is 2.16. The Morgan fingerprint density at radius 3 is 2.58 bits per heavy atom. The molecule has 0 saturated heterocycles. The van der Waals surface area contributed by atoms with Crippen LogP contribution in [0.3, 0.4) is 0 Å². The molecule has 0 radical (unpaired) electrons. The van der Waals surface area contributed by atoms with Crippen molar-refractivity contribution in [3.05, 3.63) is 70.9 Å². The second kappa shape index (κ2) is 5.05. The van der Waals surface area contributed by atoms with E-state index in [0.29, 0.717) is 5.02 Å². The van der Waals surface area contributed by atoms with Gasteiger partial charge in [-0.2, -0.15) is 0 Å². The topological polar surface area (TPSA) is 51.2 Å². The minimum absolute atomic E-state index is 0.174. The van der Waals surface area contributed by atoms with Crippen molar-refractivity contribution in [2.24, 2.45) is 5.84 Å². The van der Waals surface area contributed by atoms with E-state index in [0.717, 1.165) is 22.3 Å². The third-order valence-corrected chi connectivity index (χ3v) is 3.32. The van der Waals surface area contributed by atoms with Crippen molar-refractivity contribution in [3.63, 3.8) is 0 Å². The quantitative estimate of drug-likeness (QED) is 0.565. The smallest absolute Gasteiger partial charge is 0.134 e. The first-order valence-electron chi connectivity index (χ1n) is 5.98. The maximum absolute atomic E-state index is 5.98. The number of nitrogens with one attached hydrogen (secondary N) is 1. The van der Waals surface area contributed by atoms with Gasteiger partial charge in [0, 0.05) is 10.4 Å². The molecule has 0 aliphatic rings. The summed E-state index contributed by atoms with van der Waals surface area (Å²) in [6, 6.07) is 17.3. The Morgan fingerprint density at radius 2 is 1.84 bits per heavy atom. The van der Waals surface area contributed by atoms with E-state index in [-0.39, 0.29) is 6.04 Å². The fourth-order valence-electron chi connectivity index (χ4n) is 2.17. The fraction of sp³-hybridized carbons (Fsp3) is 0.0667. The zero-order valence-electron chi connectivity index (χ0n) is 10.1. The lowest BCUT2D eigenvalue weighted by atomic mass is 10.1. The highest BCUT2D eigenvalue weighted by Crippen LogP contribution is 2.29. The van der Waals surface area contributed by atoms with Crippen molar-refractivity contribution < 1.29 is 4.42 Å². The predicted octanol–water partition coefficient (Wildman–Crippen LogP) is 3.64. The number of hydrogen-bond donors (Lipinski definition) is 2. The molecule has 1 atom stereocenters. The number of furan rings is 1. The molecule has 0 fully saturated rings. The monoisotopic (exact) mass is 272 g/mol. The molecular weight excluding hydrogens is 260 g/mol. The van der Waals surface area contributed by atoms with E-state index in [1.54, 1.807) is 0 Å². The standard InChI is InChI=1S/C15H13ClN2O/c16-12-6-7-13-11(8-12)9-14(19-13)15(18-17)10-4-2-1-3-5-10/h1-9,15,18H,17H2. The van der Waals surface area contributed by atoms with Crippen molar-refractivity contribution in [2.75, 3.05) is 0 Å². The molecule has 1 heterocycles. The molecule has 3 aromatic rings. The maximum atomic E-state index is 5.98. The molecule has 0 aliphatic carbocycles. The van der Waals surface area contributed by atoms with E-state index in [1.807, 2.05) is 54.6 Å². The summed E-state index contributed by atoms with van der Waals surface area (Å²) in [5.41, 5.74) is 4.64. The van der Waals surface area contributed by atoms with Crippen LogP contribution in [0, 0.1) is 0 Å². The van der Waals surface area contributed by atoms with E-state index < -0.39 is 0 Å². The third-order valence-electron chi connectivity index (χ3n) is 3.08. The first-order chi connectivity index (χ1) is 9.28. The Bertz CT molecular complexity index is 694. The van der Waals surface area contributed by atoms with Gasteiger partial charge in [-0.25, -0.2) is 5.43 Å². The largest absolute Gasteiger partial charge is 0.459 e. The number of hydrogen-bond acceptors (Lipinski definition) is 3. The zero-order chi connectivity index (χ0) is 13.2. The molecule has 2 aromatic carbocycles. The van der Waals surface area contributed by atoms with Crippen LogP contribution in [0.4, 0.5) is 0 Å². The first-order valence-corrected chi connectivity index (χ1v) is 6.36. The van der Waals surface area contributed by atoms with Crippen LogP contribution >= 0.6 is 11.6 Å². The number of rotatable bonds is 3. The van der Waals surface area contributed by atoms with Crippen molar-refractivity contribution in [2.45, 2.75) is 6.04 Å². The Labute approximate surface area is 115 Å². The zero-order valence-corrected chi connectivity index (χ0v) is 10.9. The van der Waals surface area contributed by atoms with E-state index in [9.17, 15) is 0 Å². The summed E-state index contributed by atoms with van der Waals surface area (Å²) < 4.78 is 5.83. The molecular formula is C15H13ClN2O. The van der Waals surface area contributed by atoms with Gasteiger partial charge in [0.25, 0.3) is 0 Å². The lowest BCUT2D eigenvalue weighted by Crippen LogP contribution is -2.28. The molecule has 3 N–H and O–H groups in total. The first kappa shape index (κ1) is 12.2. The average molecular weight is 273 g/mol. The molecule has 0 bridgehead atoms. The second-order valence-electron chi connectivity index (χ2n) is 4.34. The van der Waals surface area contributed by atoms with Crippen LogP contribution in [0.15, 0.2) is 59.0 Å². The molecule has 1 aromatic heterocycles. The van der Waals surface area contributed by atoms with E-state index >= 15 is 0 Å². The van der Waals surface area contributed by atoms with Crippen molar-refractivity contribution in [1.82, 2.24) is 5.43 Å². The van der Waals surface area contributed by atoms with Crippen LogP contribution in [0.25, 0.3) is 11.0 Å². The minimum atomic E-state index is -0.174. The number of halogens is 1. The summed E-state index contributed by atoms with van der Waals surface area (Å²) in [6.07, 6.45) is 0. The SMILES string of the molecule is NNC(c1ccccc1)c1cc2cc(Cl)ccc2o1. The average Bonchev–Trinajstić information content (AvgIpc) is 2.83. The lowest BCUT2D eigenvalue weighted by Gasteiger charge is -2.13. The van der Waals surface area contributed by atoms with Crippen LogP contribution < -0.4 is 11.3 Å². The highest BCUT2D eigenvalue weighted by atomic mass is 35.5. The molecule has 0 aliphatic heterocycles. The number of hydrazine groups is 1. The number of fused-ring (bicyclic) bond motifs is 1. The van der Waals surface area contributed by atoms with Gasteiger partial charge in [0.2, 0.25) is 0 Å². The predicted molar refractivity (Wildman–Crippen MR) is 76.8 cm³/mol. The molecule has 4 heteroatoms. The lowest BCUT2D eigenvalue weighted by molar-refractivity contribution is 0.477. The van der Waals surface area contributed by atoms with Crippen LogP contribution in [-0.2, 0) is 0 Å². The summed E-state index contributed by atoms with van der Waals surface area (Å²) in [7, 11) is 0. The molecule has 3 nitrogen and oxygen atoms in total. The summed E-state index contributed by atoms with van der Waals surface area (Å²) >= 11 is 5.98. The molecule has 1 unspecified atom stereocenters. The van der Waals surface area contributed by atoms with Crippen molar-refractivity contribution in [3.8, 4) is 0 Å². The Hall–Kier alpha value is -1.81. The summed E-state index contributed by atoms with van der Waals surface area (Å²) in [5, 5.41) is 1.66. The number of nitrogens with two attached hydrogens (primary N) is 1. The van der Waals surface area contributed by atoms with Gasteiger partial charge in [0.05, 0.1) is 0 Å². The molecule has 3 rings (SSSR count). The highest BCUT2D eigenvalue weighted by molar-refractivity contribution is 6.31. The van der Waals surface area contributed by atoms with Crippen LogP contribution in [0.5, 0.6) is 0 Å². The fourth-order valence-corrected chi connectivity index (χ4v) is 2.35. The van der Waals surface area contributed by atoms with Gasteiger partial charge in [-0.05, 0) is 29.8 Å². The van der Waals surface area contributed by atoms with E-state index in [1.165, 1.54) is 0 Å². The van der Waals surface area contributed by atoms with E-state index in [4.69, 9.17) is 21.9 Å². The second-order valence-corrected chi connectivity index (χ2v) is 4.78. The van der Waals surface area contributed by atoms with E-state index in [2.05, 4.69) is 5.43 Å². The Balaban J connectivity index is 2.07. The molecule has 96 valence electrons. The van der Waals surface area contributed by atoms with Gasteiger partial charge < -0.3 is 4.42 Å². The Kier molecular flexibility index (Phi) is 3.25. The molecule has 19 heavy (non-hydrogen) atoms. The van der Waals surface area contributed by atoms with Gasteiger partial charge in [-0.1, -0.05) is 41.9 Å². The van der Waals surface area contributed by atoms with Gasteiger partial charge in [-0.3, -0.25) is 5.84 Å². The van der Waals surface area contributed by atoms with Gasteiger partial charge in [-0.15, -0.1) is 0 Å².